The van der Waals surface area contributed by atoms with E-state index in [4.69, 9.17) is 16.3 Å². The maximum atomic E-state index is 12.6. The number of hydrogen-bond acceptors (Lipinski definition) is 3. The molecule has 0 spiro atoms. The molecule has 1 N–H and O–H groups in total. The van der Waals surface area contributed by atoms with Gasteiger partial charge in [-0.05, 0) is 78.1 Å². The normalized spacial score (nSPS) is 10.9. The average Bonchev–Trinajstić information content (AvgIpc) is 2.80. The van der Waals surface area contributed by atoms with Crippen LogP contribution in [0.5, 0.6) is 5.75 Å². The lowest BCUT2D eigenvalue weighted by molar-refractivity contribution is -0.112. The molecule has 0 aliphatic carbocycles. The van der Waals surface area contributed by atoms with Crippen molar-refractivity contribution in [2.45, 2.75) is 20.0 Å². The fourth-order valence-corrected chi connectivity index (χ4v) is 3.52. The molecule has 0 heterocycles. The van der Waals surface area contributed by atoms with Crippen LogP contribution >= 0.6 is 27.5 Å². The first-order chi connectivity index (χ1) is 15.9. The highest BCUT2D eigenvalue weighted by molar-refractivity contribution is 9.10. The molecule has 0 saturated carbocycles. The van der Waals surface area contributed by atoms with Gasteiger partial charge in [0, 0.05) is 15.2 Å². The van der Waals surface area contributed by atoms with Crippen molar-refractivity contribution in [2.75, 3.05) is 5.32 Å². The summed E-state index contributed by atoms with van der Waals surface area (Å²) in [5.74, 6) is 0.227. The third-order valence-corrected chi connectivity index (χ3v) is 5.80. The lowest BCUT2D eigenvalue weighted by Crippen LogP contribution is -2.13. The highest BCUT2D eigenvalue weighted by atomic mass is 79.9. The number of anilines is 1. The molecule has 3 rings (SSSR count). The molecule has 1 amide bonds. The molecule has 0 aliphatic rings. The molecule has 3 aromatic rings. The molecule has 166 valence electrons. The molecule has 0 unspecified atom stereocenters. The molecule has 0 radical (unpaired) electrons. The SMILES string of the molecule is C=CCc1cc(/C=C(/C#N)C(=O)Nc2ccc(C)c(Cl)c2)ccc1OCc1ccc(Br)cc1. The molecular formula is C27H22BrClN2O2. The summed E-state index contributed by atoms with van der Waals surface area (Å²) < 4.78 is 7.02. The van der Waals surface area contributed by atoms with Gasteiger partial charge in [-0.2, -0.15) is 5.26 Å². The summed E-state index contributed by atoms with van der Waals surface area (Å²) in [6.45, 7) is 6.12. The molecule has 0 atom stereocenters. The van der Waals surface area contributed by atoms with Gasteiger partial charge in [0.2, 0.25) is 0 Å². The van der Waals surface area contributed by atoms with Gasteiger partial charge in [-0.15, -0.1) is 6.58 Å². The number of ether oxygens (including phenoxy) is 1. The number of carbonyl (C=O) groups excluding carboxylic acids is 1. The van der Waals surface area contributed by atoms with Crippen molar-refractivity contribution in [3.63, 3.8) is 0 Å². The minimum atomic E-state index is -0.502. The van der Waals surface area contributed by atoms with Gasteiger partial charge >= 0.3 is 0 Å². The molecule has 33 heavy (non-hydrogen) atoms. The summed E-state index contributed by atoms with van der Waals surface area (Å²) in [5, 5.41) is 12.8. The minimum Gasteiger partial charge on any atom is -0.489 e. The van der Waals surface area contributed by atoms with Gasteiger partial charge in [-0.3, -0.25) is 4.79 Å². The molecule has 0 fully saturated rings. The molecule has 0 aliphatic heterocycles. The van der Waals surface area contributed by atoms with Crippen molar-refractivity contribution in [1.82, 2.24) is 0 Å². The summed E-state index contributed by atoms with van der Waals surface area (Å²) in [7, 11) is 0. The van der Waals surface area contributed by atoms with Crippen LogP contribution in [0.3, 0.4) is 0 Å². The molecule has 0 aromatic heterocycles. The first-order valence-electron chi connectivity index (χ1n) is 10.2. The van der Waals surface area contributed by atoms with E-state index in [-0.39, 0.29) is 5.57 Å². The number of hydrogen-bond donors (Lipinski definition) is 1. The lowest BCUT2D eigenvalue weighted by atomic mass is 10.0. The Hall–Kier alpha value is -3.33. The second-order valence-corrected chi connectivity index (χ2v) is 8.69. The number of allylic oxidation sites excluding steroid dienone is 1. The van der Waals surface area contributed by atoms with E-state index in [9.17, 15) is 10.1 Å². The number of nitriles is 1. The number of nitrogens with zero attached hydrogens (tertiary/aromatic N) is 1. The fraction of sp³-hybridized carbons (Fsp3) is 0.111. The van der Waals surface area contributed by atoms with Crippen molar-refractivity contribution in [3.05, 3.63) is 111 Å². The summed E-state index contributed by atoms with van der Waals surface area (Å²) in [4.78, 5) is 12.6. The summed E-state index contributed by atoms with van der Waals surface area (Å²) in [6, 6.07) is 20.7. The second kappa shape index (κ2) is 11.5. The first-order valence-corrected chi connectivity index (χ1v) is 11.4. The van der Waals surface area contributed by atoms with E-state index in [2.05, 4.69) is 27.8 Å². The Kier molecular flexibility index (Phi) is 8.48. The molecule has 6 heteroatoms. The topological polar surface area (TPSA) is 62.1 Å². The number of nitrogens with one attached hydrogen (secondary N) is 1. The molecule has 0 bridgehead atoms. The van der Waals surface area contributed by atoms with Crippen LogP contribution in [0.4, 0.5) is 5.69 Å². The molecule has 0 saturated heterocycles. The first kappa shape index (κ1) is 24.3. The maximum Gasteiger partial charge on any atom is 0.266 e. The van der Waals surface area contributed by atoms with Crippen LogP contribution in [0.25, 0.3) is 6.08 Å². The van der Waals surface area contributed by atoms with Crippen molar-refractivity contribution in [2.24, 2.45) is 0 Å². The van der Waals surface area contributed by atoms with Crippen LogP contribution in [0.15, 0.2) is 83.4 Å². The highest BCUT2D eigenvalue weighted by Crippen LogP contribution is 2.25. The van der Waals surface area contributed by atoms with Crippen molar-refractivity contribution in [1.29, 1.82) is 5.26 Å². The molecule has 3 aromatic carbocycles. The quantitative estimate of drug-likeness (QED) is 0.193. The zero-order valence-corrected chi connectivity index (χ0v) is 20.4. The van der Waals surface area contributed by atoms with Crippen molar-refractivity contribution in [3.8, 4) is 11.8 Å². The van der Waals surface area contributed by atoms with Crippen LogP contribution in [0, 0.1) is 18.3 Å². The monoisotopic (exact) mass is 520 g/mol. The Bertz CT molecular complexity index is 1240. The number of benzene rings is 3. The van der Waals surface area contributed by atoms with E-state index < -0.39 is 5.91 Å². The van der Waals surface area contributed by atoms with E-state index in [1.165, 1.54) is 0 Å². The predicted molar refractivity (Wildman–Crippen MR) is 137 cm³/mol. The third-order valence-electron chi connectivity index (χ3n) is 4.86. The van der Waals surface area contributed by atoms with E-state index in [0.717, 1.165) is 32.5 Å². The van der Waals surface area contributed by atoms with E-state index in [1.807, 2.05) is 61.5 Å². The highest BCUT2D eigenvalue weighted by Gasteiger charge is 2.12. The number of aryl methyl sites for hydroxylation is 1. The van der Waals surface area contributed by atoms with E-state index in [0.29, 0.717) is 23.7 Å². The van der Waals surface area contributed by atoms with Gasteiger partial charge in [-0.1, -0.05) is 57.9 Å². The predicted octanol–water partition coefficient (Wildman–Crippen LogP) is 7.26. The number of amides is 1. The number of rotatable bonds is 8. The fourth-order valence-electron chi connectivity index (χ4n) is 3.07. The summed E-state index contributed by atoms with van der Waals surface area (Å²) in [6.07, 6.45) is 3.93. The zero-order valence-electron chi connectivity index (χ0n) is 18.1. The van der Waals surface area contributed by atoms with E-state index in [1.54, 1.807) is 24.3 Å². The Morgan fingerprint density at radius 3 is 2.61 bits per heavy atom. The largest absolute Gasteiger partial charge is 0.489 e. The van der Waals surface area contributed by atoms with Crippen molar-refractivity contribution >= 4 is 45.2 Å². The minimum absolute atomic E-state index is 0.0141. The van der Waals surface area contributed by atoms with Gasteiger partial charge < -0.3 is 10.1 Å². The lowest BCUT2D eigenvalue weighted by Gasteiger charge is -2.12. The number of halogens is 2. The van der Waals surface area contributed by atoms with Crippen molar-refractivity contribution < 1.29 is 9.53 Å². The van der Waals surface area contributed by atoms with Crippen LogP contribution < -0.4 is 10.1 Å². The Labute approximate surface area is 207 Å². The smallest absolute Gasteiger partial charge is 0.266 e. The van der Waals surface area contributed by atoms with Crippen LogP contribution in [0.1, 0.15) is 22.3 Å². The summed E-state index contributed by atoms with van der Waals surface area (Å²) in [5.41, 5.74) is 4.10. The zero-order chi connectivity index (χ0) is 23.8. The maximum absolute atomic E-state index is 12.6. The second-order valence-electron chi connectivity index (χ2n) is 7.36. The Morgan fingerprint density at radius 1 is 1.18 bits per heavy atom. The van der Waals surface area contributed by atoms with Crippen LogP contribution in [-0.4, -0.2) is 5.91 Å². The van der Waals surface area contributed by atoms with Gasteiger partial charge in [0.15, 0.2) is 0 Å². The van der Waals surface area contributed by atoms with Gasteiger partial charge in [-0.25, -0.2) is 0 Å². The van der Waals surface area contributed by atoms with E-state index >= 15 is 0 Å². The Balaban J connectivity index is 1.78. The summed E-state index contributed by atoms with van der Waals surface area (Å²) >= 11 is 9.55. The number of carbonyl (C=O) groups is 1. The van der Waals surface area contributed by atoms with Crippen LogP contribution in [-0.2, 0) is 17.8 Å². The van der Waals surface area contributed by atoms with Gasteiger partial charge in [0.1, 0.15) is 24.0 Å². The molecular weight excluding hydrogens is 500 g/mol. The Morgan fingerprint density at radius 2 is 1.94 bits per heavy atom. The van der Waals surface area contributed by atoms with Crippen LogP contribution in [0.2, 0.25) is 5.02 Å². The third kappa shape index (κ3) is 6.82. The molecule has 4 nitrogen and oxygen atoms in total. The average molecular weight is 522 g/mol. The standard InChI is InChI=1S/C27H22BrClN2O2/c1-3-4-21-13-20(8-12-26(21)33-17-19-6-9-23(28)10-7-19)14-22(16-30)27(32)31-24-11-5-18(2)25(29)15-24/h3,5-15H,1,4,17H2,2H3,(H,31,32)/b22-14-. The van der Waals surface area contributed by atoms with Gasteiger partial charge in [0.25, 0.3) is 5.91 Å². The van der Waals surface area contributed by atoms with Gasteiger partial charge in [0.05, 0.1) is 0 Å².